The minimum absolute atomic E-state index is 0.581. The van der Waals surface area contributed by atoms with Gasteiger partial charge < -0.3 is 4.57 Å². The van der Waals surface area contributed by atoms with Crippen molar-refractivity contribution in [2.75, 3.05) is 0 Å². The molecule has 0 saturated carbocycles. The molecule has 3 rings (SSSR count). The number of aromatic nitrogens is 2. The summed E-state index contributed by atoms with van der Waals surface area (Å²) >= 11 is 0. The van der Waals surface area contributed by atoms with Crippen LogP contribution in [-0.4, -0.2) is 9.55 Å². The smallest absolute Gasteiger partial charge is 0.147 e. The average Bonchev–Trinajstić information content (AvgIpc) is 2.89. The van der Waals surface area contributed by atoms with Crippen LogP contribution in [0.1, 0.15) is 5.69 Å². The van der Waals surface area contributed by atoms with E-state index in [0.29, 0.717) is 5.69 Å². The van der Waals surface area contributed by atoms with Crippen LogP contribution in [0.3, 0.4) is 0 Å². The van der Waals surface area contributed by atoms with E-state index in [9.17, 15) is 5.26 Å². The zero-order chi connectivity index (χ0) is 13.9. The summed E-state index contributed by atoms with van der Waals surface area (Å²) in [7, 11) is 1.83. The number of nitriles is 1. The highest BCUT2D eigenvalue weighted by molar-refractivity contribution is 5.70. The molecule has 3 heteroatoms. The van der Waals surface area contributed by atoms with Gasteiger partial charge in [0.25, 0.3) is 0 Å². The maximum atomic E-state index is 9.17. The second-order valence-electron chi connectivity index (χ2n) is 4.61. The minimum atomic E-state index is 0.581. The fraction of sp³-hybridized carbons (Fsp3) is 0.0588. The lowest BCUT2D eigenvalue weighted by molar-refractivity contribution is 0.897. The molecule has 0 unspecified atom stereocenters. The first kappa shape index (κ1) is 12.2. The van der Waals surface area contributed by atoms with Crippen LogP contribution in [0.5, 0.6) is 0 Å². The maximum Gasteiger partial charge on any atom is 0.147 e. The van der Waals surface area contributed by atoms with Crippen LogP contribution in [0.25, 0.3) is 22.4 Å². The van der Waals surface area contributed by atoms with Gasteiger partial charge in [-0.25, -0.2) is 4.98 Å². The minimum Gasteiger partial charge on any atom is -0.325 e. The summed E-state index contributed by atoms with van der Waals surface area (Å²) < 4.78 is 1.74. The van der Waals surface area contributed by atoms with E-state index in [1.807, 2.05) is 37.4 Å². The van der Waals surface area contributed by atoms with E-state index >= 15 is 0 Å². The molecule has 0 bridgehead atoms. The Labute approximate surface area is 117 Å². The summed E-state index contributed by atoms with van der Waals surface area (Å²) in [6, 6.07) is 20.5. The predicted molar refractivity (Wildman–Crippen MR) is 78.8 cm³/mol. The summed E-state index contributed by atoms with van der Waals surface area (Å²) in [6.07, 6.45) is 1.67. The quantitative estimate of drug-likeness (QED) is 0.705. The predicted octanol–water partition coefficient (Wildman–Crippen LogP) is 3.63. The van der Waals surface area contributed by atoms with Crippen molar-refractivity contribution in [2.45, 2.75) is 0 Å². The Morgan fingerprint density at radius 3 is 2.15 bits per heavy atom. The lowest BCUT2D eigenvalue weighted by atomic mass is 10.0. The largest absolute Gasteiger partial charge is 0.325 e. The summed E-state index contributed by atoms with van der Waals surface area (Å²) in [5.74, 6) is 0. The third-order valence-electron chi connectivity index (χ3n) is 3.31. The molecule has 0 atom stereocenters. The fourth-order valence-corrected chi connectivity index (χ4v) is 2.22. The van der Waals surface area contributed by atoms with Gasteiger partial charge >= 0.3 is 0 Å². The normalized spacial score (nSPS) is 10.2. The molecule has 0 amide bonds. The Bertz CT molecular complexity index is 762. The van der Waals surface area contributed by atoms with Crippen LogP contribution in [0.15, 0.2) is 60.9 Å². The molecular weight excluding hydrogens is 246 g/mol. The molecule has 0 spiro atoms. The second kappa shape index (κ2) is 5.02. The van der Waals surface area contributed by atoms with Gasteiger partial charge in [0.05, 0.1) is 6.33 Å². The molecule has 0 saturated heterocycles. The van der Waals surface area contributed by atoms with Gasteiger partial charge in [-0.05, 0) is 11.1 Å². The first-order valence-corrected chi connectivity index (χ1v) is 6.37. The summed E-state index contributed by atoms with van der Waals surface area (Å²) in [4.78, 5) is 4.30. The van der Waals surface area contributed by atoms with Crippen molar-refractivity contribution >= 4 is 0 Å². The van der Waals surface area contributed by atoms with Crippen molar-refractivity contribution < 1.29 is 0 Å². The molecule has 96 valence electrons. The third-order valence-corrected chi connectivity index (χ3v) is 3.31. The van der Waals surface area contributed by atoms with E-state index in [1.54, 1.807) is 10.9 Å². The van der Waals surface area contributed by atoms with Crippen LogP contribution >= 0.6 is 0 Å². The Hall–Kier alpha value is -2.86. The Balaban J connectivity index is 2.00. The van der Waals surface area contributed by atoms with Crippen LogP contribution in [0, 0.1) is 11.3 Å². The van der Waals surface area contributed by atoms with Crippen molar-refractivity contribution in [3.05, 3.63) is 66.6 Å². The lowest BCUT2D eigenvalue weighted by Gasteiger charge is -2.03. The van der Waals surface area contributed by atoms with Crippen molar-refractivity contribution in [1.29, 1.82) is 5.26 Å². The highest BCUT2D eigenvalue weighted by Crippen LogP contribution is 2.25. The fourth-order valence-electron chi connectivity index (χ4n) is 2.22. The van der Waals surface area contributed by atoms with Crippen molar-refractivity contribution in [2.24, 2.45) is 7.05 Å². The van der Waals surface area contributed by atoms with E-state index in [1.165, 1.54) is 5.56 Å². The average molecular weight is 259 g/mol. The monoisotopic (exact) mass is 259 g/mol. The Kier molecular flexibility index (Phi) is 3.06. The van der Waals surface area contributed by atoms with Crippen molar-refractivity contribution in [1.82, 2.24) is 9.55 Å². The van der Waals surface area contributed by atoms with E-state index in [2.05, 4.69) is 35.3 Å². The van der Waals surface area contributed by atoms with Crippen LogP contribution < -0.4 is 0 Å². The van der Waals surface area contributed by atoms with Gasteiger partial charge in [0.1, 0.15) is 17.5 Å². The first-order chi connectivity index (χ1) is 9.79. The zero-order valence-corrected chi connectivity index (χ0v) is 11.1. The van der Waals surface area contributed by atoms with Crippen LogP contribution in [-0.2, 0) is 7.05 Å². The molecule has 3 aromatic rings. The standard InChI is InChI=1S/C17H13N3/c1-20-12-19-17(16(20)11-18)15-9-7-14(8-10-15)13-5-3-2-4-6-13/h2-10,12H,1H3. The van der Waals surface area contributed by atoms with Gasteiger partial charge in [0.2, 0.25) is 0 Å². The molecule has 2 aromatic carbocycles. The van der Waals surface area contributed by atoms with Crippen LogP contribution in [0.4, 0.5) is 0 Å². The number of rotatable bonds is 2. The zero-order valence-electron chi connectivity index (χ0n) is 11.1. The number of aryl methyl sites for hydroxylation is 1. The highest BCUT2D eigenvalue weighted by atomic mass is 15.0. The molecule has 0 aliphatic heterocycles. The Morgan fingerprint density at radius 2 is 1.50 bits per heavy atom. The first-order valence-electron chi connectivity index (χ1n) is 6.37. The van der Waals surface area contributed by atoms with E-state index in [0.717, 1.165) is 16.8 Å². The second-order valence-corrected chi connectivity index (χ2v) is 4.61. The third kappa shape index (κ3) is 2.08. The molecule has 0 aliphatic rings. The van der Waals surface area contributed by atoms with Crippen LogP contribution in [0.2, 0.25) is 0 Å². The topological polar surface area (TPSA) is 41.6 Å². The van der Waals surface area contributed by atoms with Gasteiger partial charge in [-0.2, -0.15) is 5.26 Å². The lowest BCUT2D eigenvalue weighted by Crippen LogP contribution is -1.90. The summed E-state index contributed by atoms with van der Waals surface area (Å²) in [5.41, 5.74) is 4.61. The van der Waals surface area contributed by atoms with Crippen molar-refractivity contribution in [3.63, 3.8) is 0 Å². The molecule has 3 nitrogen and oxygen atoms in total. The summed E-state index contributed by atoms with van der Waals surface area (Å²) in [5, 5.41) is 9.17. The number of imidazole rings is 1. The molecule has 20 heavy (non-hydrogen) atoms. The van der Waals surface area contributed by atoms with E-state index < -0.39 is 0 Å². The van der Waals surface area contributed by atoms with Gasteiger partial charge in [-0.3, -0.25) is 0 Å². The number of benzene rings is 2. The van der Waals surface area contributed by atoms with Gasteiger partial charge in [0, 0.05) is 12.6 Å². The molecule has 0 fully saturated rings. The molecule has 0 aliphatic carbocycles. The van der Waals surface area contributed by atoms with E-state index in [-0.39, 0.29) is 0 Å². The molecular formula is C17H13N3. The van der Waals surface area contributed by atoms with E-state index in [4.69, 9.17) is 0 Å². The molecule has 1 heterocycles. The number of nitrogens with zero attached hydrogens (tertiary/aromatic N) is 3. The highest BCUT2D eigenvalue weighted by Gasteiger charge is 2.10. The number of hydrogen-bond donors (Lipinski definition) is 0. The maximum absolute atomic E-state index is 9.17. The summed E-state index contributed by atoms with van der Waals surface area (Å²) in [6.45, 7) is 0. The SMILES string of the molecule is Cn1cnc(-c2ccc(-c3ccccc3)cc2)c1C#N. The van der Waals surface area contributed by atoms with Gasteiger partial charge in [0.15, 0.2) is 0 Å². The molecule has 0 N–H and O–H groups in total. The molecule has 0 radical (unpaired) electrons. The molecule has 1 aromatic heterocycles. The van der Waals surface area contributed by atoms with Gasteiger partial charge in [-0.1, -0.05) is 54.6 Å². The number of hydrogen-bond acceptors (Lipinski definition) is 2. The van der Waals surface area contributed by atoms with Gasteiger partial charge in [-0.15, -0.1) is 0 Å². The Morgan fingerprint density at radius 1 is 0.900 bits per heavy atom. The van der Waals surface area contributed by atoms with Crippen molar-refractivity contribution in [3.8, 4) is 28.5 Å².